The number of alkyl halides is 3. The van der Waals surface area contributed by atoms with Gasteiger partial charge < -0.3 is 10.1 Å². The Morgan fingerprint density at radius 2 is 1.73 bits per heavy atom. The quantitative estimate of drug-likeness (QED) is 0.374. The van der Waals surface area contributed by atoms with Crippen LogP contribution in [0.3, 0.4) is 0 Å². The summed E-state index contributed by atoms with van der Waals surface area (Å²) >= 11 is 5.82. The molecule has 0 saturated heterocycles. The number of nitrogens with one attached hydrogen (secondary N) is 1. The van der Waals surface area contributed by atoms with Crippen LogP contribution in [0.4, 0.5) is 18.0 Å². The van der Waals surface area contributed by atoms with Crippen LogP contribution < -0.4 is 5.32 Å². The van der Waals surface area contributed by atoms with Gasteiger partial charge in [-0.3, -0.25) is 0 Å². The zero-order valence-electron chi connectivity index (χ0n) is 17.2. The second kappa shape index (κ2) is 9.55. The first-order chi connectivity index (χ1) is 15.8. The number of carbonyl (C=O) groups is 1. The number of alkyl carbamates (subject to hydrolysis) is 1. The predicted octanol–water partition coefficient (Wildman–Crippen LogP) is 6.03. The van der Waals surface area contributed by atoms with Crippen LogP contribution in [-0.4, -0.2) is 24.2 Å². The number of hydrogen-bond acceptors (Lipinski definition) is 3. The van der Waals surface area contributed by atoms with E-state index in [-0.39, 0.29) is 36.2 Å². The molecule has 4 rings (SSSR count). The van der Waals surface area contributed by atoms with Crippen molar-refractivity contribution in [2.45, 2.75) is 18.5 Å². The maximum atomic E-state index is 12.6. The standard InChI is InChI=1S/C25H18ClF3N2O2/c26-22-13-16(25(27,28)29)14-31-23(22)11-5-6-12-30-24(32)33-15-21-19-9-3-1-7-17(19)18-8-2-4-10-20(18)21/h1-4,7-10,13-14,21H,6,12,15H2,(H,30,32). The van der Waals surface area contributed by atoms with Gasteiger partial charge in [0.2, 0.25) is 0 Å². The fraction of sp³-hybridized carbons (Fsp3) is 0.200. The second-order valence-corrected chi connectivity index (χ2v) is 7.76. The summed E-state index contributed by atoms with van der Waals surface area (Å²) in [5.74, 6) is 5.31. The van der Waals surface area contributed by atoms with Crippen molar-refractivity contribution in [2.24, 2.45) is 0 Å². The maximum Gasteiger partial charge on any atom is 0.417 e. The first kappa shape index (κ1) is 22.7. The largest absolute Gasteiger partial charge is 0.449 e. The maximum absolute atomic E-state index is 12.6. The smallest absolute Gasteiger partial charge is 0.417 e. The number of fused-ring (bicyclic) bond motifs is 3. The van der Waals surface area contributed by atoms with Crippen LogP contribution >= 0.6 is 11.6 Å². The minimum absolute atomic E-state index is 0.0316. The van der Waals surface area contributed by atoms with Gasteiger partial charge in [-0.15, -0.1) is 0 Å². The van der Waals surface area contributed by atoms with Crippen LogP contribution in [0.1, 0.15) is 34.7 Å². The molecule has 168 valence electrons. The molecule has 0 bridgehead atoms. The Morgan fingerprint density at radius 3 is 2.33 bits per heavy atom. The molecule has 0 unspecified atom stereocenters. The predicted molar refractivity (Wildman–Crippen MR) is 119 cm³/mol. The van der Waals surface area contributed by atoms with Crippen molar-refractivity contribution < 1.29 is 22.7 Å². The highest BCUT2D eigenvalue weighted by Crippen LogP contribution is 2.44. The monoisotopic (exact) mass is 470 g/mol. The van der Waals surface area contributed by atoms with Crippen molar-refractivity contribution in [1.82, 2.24) is 10.3 Å². The van der Waals surface area contributed by atoms with E-state index in [0.717, 1.165) is 28.3 Å². The highest BCUT2D eigenvalue weighted by Gasteiger charge is 2.31. The number of carbonyl (C=O) groups excluding carboxylic acids is 1. The first-order valence-electron chi connectivity index (χ1n) is 10.1. The van der Waals surface area contributed by atoms with Gasteiger partial charge in [-0.2, -0.15) is 13.2 Å². The van der Waals surface area contributed by atoms with Crippen LogP contribution in [-0.2, 0) is 10.9 Å². The van der Waals surface area contributed by atoms with Gasteiger partial charge in [0.1, 0.15) is 12.3 Å². The van der Waals surface area contributed by atoms with Crippen molar-refractivity contribution in [2.75, 3.05) is 13.2 Å². The summed E-state index contributed by atoms with van der Waals surface area (Å²) in [6.45, 7) is 0.415. The third-order valence-electron chi connectivity index (χ3n) is 5.24. The molecule has 0 atom stereocenters. The van der Waals surface area contributed by atoms with Crippen LogP contribution in [0.15, 0.2) is 60.8 Å². The number of aromatic nitrogens is 1. The molecule has 0 aliphatic heterocycles. The van der Waals surface area contributed by atoms with E-state index in [4.69, 9.17) is 16.3 Å². The summed E-state index contributed by atoms with van der Waals surface area (Å²) in [5.41, 5.74) is 3.65. The molecule has 0 fully saturated rings. The summed E-state index contributed by atoms with van der Waals surface area (Å²) in [4.78, 5) is 15.8. The van der Waals surface area contributed by atoms with E-state index in [1.807, 2.05) is 36.4 Å². The van der Waals surface area contributed by atoms with E-state index in [0.29, 0.717) is 6.20 Å². The lowest BCUT2D eigenvalue weighted by Gasteiger charge is -2.14. The van der Waals surface area contributed by atoms with Crippen molar-refractivity contribution in [3.8, 4) is 23.0 Å². The van der Waals surface area contributed by atoms with Crippen molar-refractivity contribution in [1.29, 1.82) is 0 Å². The molecule has 1 amide bonds. The SMILES string of the molecule is O=C(NCCC#Cc1ncc(C(F)(F)F)cc1Cl)OCC1c2ccccc2-c2ccccc21. The number of rotatable bonds is 4. The molecular weight excluding hydrogens is 453 g/mol. The molecule has 1 heterocycles. The Bertz CT molecular complexity index is 1200. The Balaban J connectivity index is 1.28. The molecule has 1 N–H and O–H groups in total. The summed E-state index contributed by atoms with van der Waals surface area (Å²) in [7, 11) is 0. The van der Waals surface area contributed by atoms with E-state index in [2.05, 4.69) is 34.3 Å². The molecular formula is C25H18ClF3N2O2. The van der Waals surface area contributed by atoms with Crippen LogP contribution in [0.5, 0.6) is 0 Å². The molecule has 0 spiro atoms. The average molecular weight is 471 g/mol. The van der Waals surface area contributed by atoms with E-state index in [1.54, 1.807) is 0 Å². The number of amides is 1. The van der Waals surface area contributed by atoms with Gasteiger partial charge in [0.15, 0.2) is 0 Å². The first-order valence-corrected chi connectivity index (χ1v) is 10.5. The highest BCUT2D eigenvalue weighted by molar-refractivity contribution is 6.31. The summed E-state index contributed by atoms with van der Waals surface area (Å²) in [5, 5.41) is 2.44. The number of halogens is 4. The topological polar surface area (TPSA) is 51.2 Å². The van der Waals surface area contributed by atoms with Gasteiger partial charge >= 0.3 is 12.3 Å². The zero-order chi connectivity index (χ0) is 23.4. The van der Waals surface area contributed by atoms with Gasteiger partial charge in [-0.25, -0.2) is 9.78 Å². The molecule has 33 heavy (non-hydrogen) atoms. The van der Waals surface area contributed by atoms with Gasteiger partial charge in [-0.1, -0.05) is 66.1 Å². The molecule has 3 aromatic rings. The zero-order valence-corrected chi connectivity index (χ0v) is 18.0. The van der Waals surface area contributed by atoms with Crippen LogP contribution in [0, 0.1) is 11.8 Å². The number of ether oxygens (including phenoxy) is 1. The second-order valence-electron chi connectivity index (χ2n) is 7.36. The van der Waals surface area contributed by atoms with Gasteiger partial charge in [-0.05, 0) is 34.2 Å². The highest BCUT2D eigenvalue weighted by atomic mass is 35.5. The molecule has 0 saturated carbocycles. The lowest BCUT2D eigenvalue weighted by molar-refractivity contribution is -0.137. The number of nitrogens with zero attached hydrogens (tertiary/aromatic N) is 1. The van der Waals surface area contributed by atoms with Crippen LogP contribution in [0.2, 0.25) is 5.02 Å². The van der Waals surface area contributed by atoms with E-state index < -0.39 is 17.8 Å². The Kier molecular flexibility index (Phi) is 6.57. The number of benzene rings is 2. The Labute approximate surface area is 193 Å². The van der Waals surface area contributed by atoms with Gasteiger partial charge in [0.05, 0.1) is 10.6 Å². The molecule has 8 heteroatoms. The van der Waals surface area contributed by atoms with Crippen molar-refractivity contribution in [3.05, 3.63) is 88.2 Å². The average Bonchev–Trinajstić information content (AvgIpc) is 3.11. The Morgan fingerprint density at radius 1 is 1.09 bits per heavy atom. The summed E-state index contributed by atoms with van der Waals surface area (Å²) in [6.07, 6.45) is -4.15. The van der Waals surface area contributed by atoms with Gasteiger partial charge in [0.25, 0.3) is 0 Å². The lowest BCUT2D eigenvalue weighted by atomic mass is 9.98. The summed E-state index contributed by atoms with van der Waals surface area (Å²) < 4.78 is 43.4. The molecule has 0 radical (unpaired) electrons. The minimum atomic E-state index is -4.52. The number of hydrogen-bond donors (Lipinski definition) is 1. The minimum Gasteiger partial charge on any atom is -0.449 e. The van der Waals surface area contributed by atoms with Crippen LogP contribution in [0.25, 0.3) is 11.1 Å². The third-order valence-corrected chi connectivity index (χ3v) is 5.53. The van der Waals surface area contributed by atoms with Gasteiger partial charge in [0, 0.05) is 25.1 Å². The van der Waals surface area contributed by atoms with E-state index in [1.165, 1.54) is 0 Å². The molecule has 1 aliphatic rings. The fourth-order valence-electron chi connectivity index (χ4n) is 3.71. The summed E-state index contributed by atoms with van der Waals surface area (Å²) in [6, 6.07) is 16.9. The van der Waals surface area contributed by atoms with Crippen molar-refractivity contribution in [3.63, 3.8) is 0 Å². The van der Waals surface area contributed by atoms with Crippen molar-refractivity contribution >= 4 is 17.7 Å². The third kappa shape index (κ3) is 5.12. The molecule has 2 aromatic carbocycles. The van der Waals surface area contributed by atoms with E-state index in [9.17, 15) is 18.0 Å². The molecule has 4 nitrogen and oxygen atoms in total. The molecule has 1 aromatic heterocycles. The Hall–Kier alpha value is -3.50. The number of pyridine rings is 1. The molecule has 1 aliphatic carbocycles. The lowest BCUT2D eigenvalue weighted by Crippen LogP contribution is -2.26. The van der Waals surface area contributed by atoms with E-state index >= 15 is 0 Å². The normalized spacial score (nSPS) is 12.4. The fourth-order valence-corrected chi connectivity index (χ4v) is 3.92.